The molecule has 0 amide bonds. The molecule has 3 rings (SSSR count). The maximum Gasteiger partial charge on any atom is 0.250 e. The van der Waals surface area contributed by atoms with Gasteiger partial charge in [0.15, 0.2) is 13.6 Å². The van der Waals surface area contributed by atoms with Crippen LogP contribution in [0.4, 0.5) is 0 Å². The van der Waals surface area contributed by atoms with E-state index in [-0.39, 0.29) is 32.7 Å². The molecule has 0 heterocycles. The Labute approximate surface area is 191 Å². The summed E-state index contributed by atoms with van der Waals surface area (Å²) in [6.45, 7) is 0. The van der Waals surface area contributed by atoms with Crippen LogP contribution in [-0.2, 0) is 4.57 Å². The van der Waals surface area contributed by atoms with Gasteiger partial charge in [-0.05, 0) is 25.0 Å². The number of halogens is 2. The summed E-state index contributed by atoms with van der Waals surface area (Å²) in [5.74, 6) is 0.248. The second-order valence-electron chi connectivity index (χ2n) is 7.17. The van der Waals surface area contributed by atoms with Gasteiger partial charge in [-0.2, -0.15) is 0 Å². The second-order valence-corrected chi connectivity index (χ2v) is 9.84. The van der Waals surface area contributed by atoms with Gasteiger partial charge in [0.2, 0.25) is 5.52 Å². The van der Waals surface area contributed by atoms with Crippen molar-refractivity contribution in [3.63, 3.8) is 0 Å². The van der Waals surface area contributed by atoms with Gasteiger partial charge in [0, 0.05) is 12.1 Å². The summed E-state index contributed by atoms with van der Waals surface area (Å²) in [6.07, 6.45) is 1.93. The molecule has 9 heteroatoms. The van der Waals surface area contributed by atoms with E-state index in [1.807, 2.05) is 0 Å². The minimum atomic E-state index is -2.71. The zero-order valence-corrected chi connectivity index (χ0v) is 19.8. The molecule has 2 aromatic rings. The summed E-state index contributed by atoms with van der Waals surface area (Å²) >= 11 is 12.5. The monoisotopic (exact) mass is 483 g/mol. The Morgan fingerprint density at radius 2 is 1.42 bits per heavy atom. The van der Waals surface area contributed by atoms with Crippen LogP contribution in [0.25, 0.3) is 0 Å². The molecule has 6 nitrogen and oxygen atoms in total. The summed E-state index contributed by atoms with van der Waals surface area (Å²) in [5.41, 5.74) is -0.612. The van der Waals surface area contributed by atoms with Gasteiger partial charge >= 0.3 is 0 Å². The van der Waals surface area contributed by atoms with E-state index in [9.17, 15) is 14.2 Å². The molecular weight excluding hydrogens is 462 g/mol. The first kappa shape index (κ1) is 23.5. The van der Waals surface area contributed by atoms with Gasteiger partial charge in [-0.1, -0.05) is 42.1 Å². The first-order valence-corrected chi connectivity index (χ1v) is 11.6. The number of benzene rings is 2. The lowest BCUT2D eigenvalue weighted by atomic mass is 9.95. The third kappa shape index (κ3) is 4.17. The molecule has 1 aliphatic rings. The van der Waals surface area contributed by atoms with Crippen LogP contribution < -0.4 is 14.2 Å². The van der Waals surface area contributed by atoms with Crippen molar-refractivity contribution in [3.8, 4) is 17.2 Å². The standard InChI is InChI=1S/C22H22Cl2O6P/c1-28-13-11-16(29-2)19(17(12-13)30-3)21(26)31(27)22(9-4-5-10-22)20(25)18-14(23)7-6-8-15(18)24/h6-8,11-12H,4-5,9-10H2,1-3H3. The summed E-state index contributed by atoms with van der Waals surface area (Å²) in [6, 6.07) is 7.74. The molecule has 0 spiro atoms. The molecule has 0 aromatic heterocycles. The van der Waals surface area contributed by atoms with Gasteiger partial charge in [-0.3, -0.25) is 14.2 Å². The minimum absolute atomic E-state index is 0.0104. The quantitative estimate of drug-likeness (QED) is 0.329. The fraction of sp³-hybridized carbons (Fsp3) is 0.364. The first-order valence-electron chi connectivity index (χ1n) is 9.61. The average molecular weight is 484 g/mol. The number of methoxy groups -OCH3 is 3. The third-order valence-corrected chi connectivity index (χ3v) is 8.20. The number of hydrogen-bond donors (Lipinski definition) is 0. The molecular formula is C22H22Cl2O6P. The molecule has 31 heavy (non-hydrogen) atoms. The Bertz CT molecular complexity index is 1000. The van der Waals surface area contributed by atoms with Crippen molar-refractivity contribution in [1.82, 2.24) is 0 Å². The SMILES string of the molecule is COc1cc(OC)c(C(=O)[P](=O)C2(C(=O)c3c(Cl)cccc3Cl)CCCC2)c(OC)c1. The minimum Gasteiger partial charge on any atom is -0.496 e. The van der Waals surface area contributed by atoms with Crippen LogP contribution >= 0.6 is 31.0 Å². The van der Waals surface area contributed by atoms with Crippen LogP contribution in [0.2, 0.25) is 10.0 Å². The fourth-order valence-electron chi connectivity index (χ4n) is 3.94. The number of Topliss-reactive ketones (excluding diaryl/α,β-unsaturated/α-hetero) is 1. The van der Waals surface area contributed by atoms with Gasteiger partial charge in [0.25, 0.3) is 0 Å². The zero-order chi connectivity index (χ0) is 22.8. The fourth-order valence-corrected chi connectivity index (χ4v) is 6.34. The highest BCUT2D eigenvalue weighted by molar-refractivity contribution is 7.67. The lowest BCUT2D eigenvalue weighted by Gasteiger charge is -2.27. The van der Waals surface area contributed by atoms with E-state index in [0.29, 0.717) is 31.4 Å². The van der Waals surface area contributed by atoms with E-state index in [1.54, 1.807) is 18.2 Å². The highest BCUT2D eigenvalue weighted by Crippen LogP contribution is 2.56. The normalized spacial score (nSPS) is 15.3. The van der Waals surface area contributed by atoms with Crippen LogP contribution in [-0.4, -0.2) is 37.8 Å². The lowest BCUT2D eigenvalue weighted by molar-refractivity contribution is 0.0931. The predicted molar refractivity (Wildman–Crippen MR) is 120 cm³/mol. The summed E-state index contributed by atoms with van der Waals surface area (Å²) < 4.78 is 29.6. The van der Waals surface area contributed by atoms with E-state index in [2.05, 4.69) is 0 Å². The van der Waals surface area contributed by atoms with E-state index in [4.69, 9.17) is 37.4 Å². The van der Waals surface area contributed by atoms with E-state index >= 15 is 0 Å². The Kier molecular flexibility index (Phi) is 7.25. The van der Waals surface area contributed by atoms with Gasteiger partial charge < -0.3 is 14.2 Å². The molecule has 1 aliphatic carbocycles. The van der Waals surface area contributed by atoms with Crippen LogP contribution in [0.3, 0.4) is 0 Å². The Morgan fingerprint density at radius 1 is 0.903 bits per heavy atom. The third-order valence-electron chi connectivity index (χ3n) is 5.55. The molecule has 1 fully saturated rings. The van der Waals surface area contributed by atoms with E-state index in [0.717, 1.165) is 0 Å². The topological polar surface area (TPSA) is 78.9 Å². The van der Waals surface area contributed by atoms with E-state index in [1.165, 1.54) is 33.5 Å². The van der Waals surface area contributed by atoms with Crippen LogP contribution in [0.1, 0.15) is 46.4 Å². The molecule has 0 saturated heterocycles. The molecule has 1 saturated carbocycles. The van der Waals surface area contributed by atoms with Crippen molar-refractivity contribution in [2.75, 3.05) is 21.3 Å². The molecule has 1 unspecified atom stereocenters. The number of ketones is 1. The molecule has 0 bridgehead atoms. The average Bonchev–Trinajstić information content (AvgIpc) is 3.28. The van der Waals surface area contributed by atoms with Crippen molar-refractivity contribution in [1.29, 1.82) is 0 Å². The van der Waals surface area contributed by atoms with Crippen molar-refractivity contribution >= 4 is 42.3 Å². The first-order chi connectivity index (χ1) is 14.8. The van der Waals surface area contributed by atoms with Crippen molar-refractivity contribution in [2.45, 2.75) is 30.8 Å². The smallest absolute Gasteiger partial charge is 0.250 e. The maximum atomic E-state index is 13.7. The van der Waals surface area contributed by atoms with Crippen molar-refractivity contribution in [2.24, 2.45) is 0 Å². The molecule has 1 radical (unpaired) electrons. The Balaban J connectivity index is 2.11. The summed E-state index contributed by atoms with van der Waals surface area (Å²) in [7, 11) is 1.54. The Morgan fingerprint density at radius 3 is 1.87 bits per heavy atom. The van der Waals surface area contributed by atoms with Crippen LogP contribution in [0.15, 0.2) is 30.3 Å². The number of ether oxygens (including phenoxy) is 3. The van der Waals surface area contributed by atoms with Crippen LogP contribution in [0, 0.1) is 0 Å². The second kappa shape index (κ2) is 9.56. The number of carbonyl (C=O) groups is 2. The zero-order valence-electron chi connectivity index (χ0n) is 17.4. The van der Waals surface area contributed by atoms with Crippen LogP contribution in [0.5, 0.6) is 17.2 Å². The van der Waals surface area contributed by atoms with Crippen molar-refractivity contribution < 1.29 is 28.4 Å². The summed E-state index contributed by atoms with van der Waals surface area (Å²) in [4.78, 5) is 27.1. The predicted octanol–water partition coefficient (Wildman–Crippen LogP) is 6.18. The molecule has 0 aliphatic heterocycles. The number of rotatable bonds is 8. The van der Waals surface area contributed by atoms with Crippen molar-refractivity contribution in [3.05, 3.63) is 51.5 Å². The highest BCUT2D eigenvalue weighted by atomic mass is 35.5. The maximum absolute atomic E-state index is 13.7. The van der Waals surface area contributed by atoms with E-state index < -0.39 is 24.3 Å². The molecule has 165 valence electrons. The number of carbonyl (C=O) groups excluding carboxylic acids is 2. The van der Waals surface area contributed by atoms with Gasteiger partial charge in [-0.25, -0.2) is 0 Å². The number of hydrogen-bond acceptors (Lipinski definition) is 6. The lowest BCUT2D eigenvalue weighted by Crippen LogP contribution is -2.34. The van der Waals surface area contributed by atoms with Gasteiger partial charge in [0.05, 0.1) is 36.9 Å². The molecule has 1 atom stereocenters. The largest absolute Gasteiger partial charge is 0.496 e. The highest BCUT2D eigenvalue weighted by Gasteiger charge is 2.51. The summed E-state index contributed by atoms with van der Waals surface area (Å²) in [5, 5.41) is -1.06. The Hall–Kier alpha value is -2.14. The van der Waals surface area contributed by atoms with Gasteiger partial charge in [-0.15, -0.1) is 0 Å². The molecule has 2 aromatic carbocycles. The van der Waals surface area contributed by atoms with Gasteiger partial charge in [0.1, 0.15) is 28.0 Å². The molecule has 0 N–H and O–H groups in total.